The highest BCUT2D eigenvalue weighted by atomic mass is 16.5. The molecule has 1 aliphatic heterocycles. The van der Waals surface area contributed by atoms with Crippen LogP contribution in [0.4, 0.5) is 0 Å². The molecule has 0 aromatic heterocycles. The molecule has 7 N–H and O–H groups in total. The molecule has 11 atom stereocenters. The van der Waals surface area contributed by atoms with Crippen molar-refractivity contribution in [3.63, 3.8) is 0 Å². The molecule has 0 amide bonds. The van der Waals surface area contributed by atoms with Crippen LogP contribution in [0, 0.1) is 53.3 Å². The van der Waals surface area contributed by atoms with Crippen LogP contribution >= 0.6 is 0 Å². The predicted octanol–water partition coefficient (Wildman–Crippen LogP) is 11.1. The summed E-state index contributed by atoms with van der Waals surface area (Å²) in [5, 5.41) is 50.3. The number of benzene rings is 3. The van der Waals surface area contributed by atoms with Crippen LogP contribution in [-0.2, 0) is 21.5 Å². The van der Waals surface area contributed by atoms with Crippen LogP contribution in [0.5, 0.6) is 17.2 Å². The van der Waals surface area contributed by atoms with Gasteiger partial charge in [-0.2, -0.15) is 0 Å². The second-order valence-corrected chi connectivity index (χ2v) is 24.2. The highest BCUT2D eigenvalue weighted by Gasteiger charge is 2.50. The molecular weight excluding hydrogens is 923 g/mol. The van der Waals surface area contributed by atoms with E-state index < -0.39 is 0 Å². The number of Topliss-reactive ketones (excluding diaryl/α,β-unsaturated/α-hetero) is 1. The Morgan fingerprint density at radius 2 is 1.73 bits per heavy atom. The van der Waals surface area contributed by atoms with Crippen molar-refractivity contribution >= 4 is 11.7 Å². The first kappa shape index (κ1) is 51.0. The van der Waals surface area contributed by atoms with Crippen molar-refractivity contribution in [2.24, 2.45) is 52.2 Å². The summed E-state index contributed by atoms with van der Waals surface area (Å²) in [5.74, 6) is 8.59. The van der Waals surface area contributed by atoms with Gasteiger partial charge in [0.1, 0.15) is 5.75 Å². The van der Waals surface area contributed by atoms with Gasteiger partial charge in [-0.1, -0.05) is 86.9 Å². The molecule has 0 radical (unpaired) electrons. The first-order valence-corrected chi connectivity index (χ1v) is 28.7. The highest BCUT2D eigenvalue weighted by Crippen LogP contribution is 2.60. The number of aliphatic imine (C=N–C) groups is 1. The number of guanidine groups is 1. The van der Waals surface area contributed by atoms with E-state index in [4.69, 9.17) is 20.2 Å². The van der Waals surface area contributed by atoms with Crippen LogP contribution in [0.25, 0.3) is 0 Å². The number of aliphatic hydroxyl groups is 2. The number of aliphatic hydroxyl groups excluding tert-OH is 2. The van der Waals surface area contributed by atoms with Crippen molar-refractivity contribution in [3.05, 3.63) is 110 Å². The standard InChI is InChI=1S/C64H81N3O7/c1-4-49-44(34-68)28-41-19-18-40(32-57(71)59(41)55(49)35-69)52-33-58(74-48-15-6-7-16-48)62(72)61-50(52)17-11-14-46-29-43-31-53-51(22-37(2)23-54(53)60(61)56(43)36-73-3)42-25-39(27-47(70)30-42)24-38-12-10-13-45(26-38)64(67-63(65)66-46)20-8-5-9-21-64/h10,12-13,25-27,30-31,33,37,40-41,43-44,46,48-49,51,54,56,60,68-70,72H,4-9,14-16,18-24,28-29,32,34-36H2,1-3H3,(H3,65,66,67)/t37-,40+,41+,43+,44+,46+,49-,51+,54+,56+,60+/m1/s1. The number of allylic oxidation sites excluding steroid dienone is 3. The van der Waals surface area contributed by atoms with Crippen molar-refractivity contribution in [1.29, 1.82) is 0 Å². The Hall–Kier alpha value is -5.08. The van der Waals surface area contributed by atoms with Gasteiger partial charge in [0.25, 0.3) is 0 Å². The number of hydrogen-bond acceptors (Lipinski definition) is 10. The van der Waals surface area contributed by atoms with Gasteiger partial charge in [0, 0.05) is 49.5 Å². The van der Waals surface area contributed by atoms with Gasteiger partial charge in [-0.05, 0) is 194 Å². The van der Waals surface area contributed by atoms with Crippen LogP contribution in [0.1, 0.15) is 186 Å². The number of phenolic OH excluding ortho intramolecular Hbond substituents is 2. The molecule has 3 aromatic carbocycles. The minimum absolute atomic E-state index is 0.00214. The number of carbonyl (C=O) groups excluding carboxylic acids is 1. The molecule has 7 aliphatic carbocycles. The zero-order chi connectivity index (χ0) is 51.3. The summed E-state index contributed by atoms with van der Waals surface area (Å²) < 4.78 is 13.3. The molecule has 0 saturated heterocycles. The molecule has 0 unspecified atom stereocenters. The molecule has 8 bridgehead atoms. The van der Waals surface area contributed by atoms with Crippen molar-refractivity contribution in [2.75, 3.05) is 26.9 Å². The molecule has 1 spiro atoms. The molecule has 10 heteroatoms. The number of ketones is 1. The van der Waals surface area contributed by atoms with Crippen molar-refractivity contribution < 1.29 is 34.7 Å². The summed E-state index contributed by atoms with van der Waals surface area (Å²) in [4.78, 5) is 20.5. The number of nitrogens with zero attached hydrogens (tertiary/aromatic N) is 1. The number of aromatic hydroxyl groups is 2. The van der Waals surface area contributed by atoms with E-state index in [-0.39, 0.29) is 108 Å². The second kappa shape index (κ2) is 21.5. The summed E-state index contributed by atoms with van der Waals surface area (Å²) in [7, 11) is 1.79. The third-order valence-electron chi connectivity index (χ3n) is 19.6. The van der Waals surface area contributed by atoms with E-state index in [9.17, 15) is 20.4 Å². The van der Waals surface area contributed by atoms with Gasteiger partial charge in [0.15, 0.2) is 23.2 Å². The SMILES string of the molecule is CC[C@H]1C(CO)=C2C(=O)C[C@@H](c3cc(OC4CCCC4)c(O)c4c3C#CC[C@H]3C[C@H]5C=C6[C@@H](C[C@@H](C)C[C@@H]6[C@H]4[C@H]5COC)c4cc(O)cc(c4)Cc4cccc(c4)C4(CCCCC4)NC(N)=N3)CC[C@H]2C[C@H]1CO. The summed E-state index contributed by atoms with van der Waals surface area (Å²) >= 11 is 0. The number of nitrogens with one attached hydrogen (secondary N) is 1. The number of ether oxygens (including phenoxy) is 2. The van der Waals surface area contributed by atoms with Crippen molar-refractivity contribution in [2.45, 2.75) is 171 Å². The maximum Gasteiger partial charge on any atom is 0.189 e. The van der Waals surface area contributed by atoms with Crippen LogP contribution in [-0.4, -0.2) is 71.2 Å². The Balaban J connectivity index is 1.13. The first-order chi connectivity index (χ1) is 36.0. The topological polar surface area (TPSA) is 167 Å². The lowest BCUT2D eigenvalue weighted by Gasteiger charge is -2.50. The summed E-state index contributed by atoms with van der Waals surface area (Å²) in [6, 6.07) is 17.0. The Morgan fingerprint density at radius 1 is 0.919 bits per heavy atom. The van der Waals surface area contributed by atoms with E-state index in [0.29, 0.717) is 43.5 Å². The van der Waals surface area contributed by atoms with Gasteiger partial charge in [-0.15, -0.1) is 0 Å². The zero-order valence-corrected chi connectivity index (χ0v) is 44.2. The predicted molar refractivity (Wildman–Crippen MR) is 290 cm³/mol. The average molecular weight is 1000 g/mol. The Bertz CT molecular complexity index is 2750. The van der Waals surface area contributed by atoms with Crippen molar-refractivity contribution in [3.8, 4) is 29.1 Å². The monoisotopic (exact) mass is 1000 g/mol. The molecule has 8 aliphatic rings. The van der Waals surface area contributed by atoms with Gasteiger partial charge < -0.3 is 41.0 Å². The Labute approximate surface area is 439 Å². The summed E-state index contributed by atoms with van der Waals surface area (Å²) in [6.07, 6.45) is 18.6. The zero-order valence-electron chi connectivity index (χ0n) is 44.2. The molecule has 4 fully saturated rings. The van der Waals surface area contributed by atoms with Gasteiger partial charge in [-0.3, -0.25) is 4.79 Å². The number of methoxy groups -OCH3 is 1. The van der Waals surface area contributed by atoms with Gasteiger partial charge in [0.2, 0.25) is 0 Å². The largest absolute Gasteiger partial charge is 0.508 e. The number of nitrogens with two attached hydrogens (primary N) is 1. The highest BCUT2D eigenvalue weighted by molar-refractivity contribution is 5.98. The number of hydrogen-bond donors (Lipinski definition) is 6. The van der Waals surface area contributed by atoms with Crippen molar-refractivity contribution in [1.82, 2.24) is 5.32 Å². The summed E-state index contributed by atoms with van der Waals surface area (Å²) in [5.41, 5.74) is 16.9. The fourth-order valence-corrected chi connectivity index (χ4v) is 16.4. The van der Waals surface area contributed by atoms with Gasteiger partial charge in [-0.25, -0.2) is 4.99 Å². The molecule has 1 heterocycles. The lowest BCUT2D eigenvalue weighted by Crippen LogP contribution is -2.50. The van der Waals surface area contributed by atoms with Gasteiger partial charge >= 0.3 is 0 Å². The molecule has 10 nitrogen and oxygen atoms in total. The van der Waals surface area contributed by atoms with E-state index in [1.54, 1.807) is 7.11 Å². The molecule has 394 valence electrons. The van der Waals surface area contributed by atoms with Crippen LogP contribution in [0.3, 0.4) is 0 Å². The smallest absolute Gasteiger partial charge is 0.189 e. The number of carbonyl (C=O) groups is 1. The molecule has 11 rings (SSSR count). The minimum Gasteiger partial charge on any atom is -0.508 e. The van der Waals surface area contributed by atoms with Crippen LogP contribution in [0.2, 0.25) is 0 Å². The van der Waals surface area contributed by atoms with Crippen LogP contribution in [0.15, 0.2) is 76.3 Å². The first-order valence-electron chi connectivity index (χ1n) is 28.7. The minimum atomic E-state index is -0.377. The third-order valence-corrected chi connectivity index (χ3v) is 19.6. The molecule has 74 heavy (non-hydrogen) atoms. The van der Waals surface area contributed by atoms with Crippen LogP contribution < -0.4 is 15.8 Å². The summed E-state index contributed by atoms with van der Waals surface area (Å²) in [6.45, 7) is 4.75. The number of phenols is 2. The second-order valence-electron chi connectivity index (χ2n) is 24.2. The fraction of sp³-hybridized carbons (Fsp3) is 0.594. The molecule has 3 aromatic rings. The normalized spacial score (nSPS) is 31.7. The number of rotatable bonds is 8. The Kier molecular flexibility index (Phi) is 14.8. The maximum absolute atomic E-state index is 15.0. The average Bonchev–Trinajstić information content (AvgIpc) is 3.85. The fourth-order valence-electron chi connectivity index (χ4n) is 16.4. The van der Waals surface area contributed by atoms with E-state index in [0.717, 1.165) is 129 Å². The van der Waals surface area contributed by atoms with E-state index in [1.165, 1.54) is 23.1 Å². The Morgan fingerprint density at radius 3 is 2.50 bits per heavy atom. The lowest BCUT2D eigenvalue weighted by atomic mass is 9.55. The number of fused-ring (bicyclic) bond motifs is 12. The lowest BCUT2D eigenvalue weighted by molar-refractivity contribution is -0.116. The van der Waals surface area contributed by atoms with E-state index >= 15 is 4.79 Å². The molecule has 4 saturated carbocycles. The maximum atomic E-state index is 15.0. The van der Waals surface area contributed by atoms with E-state index in [1.807, 2.05) is 18.2 Å². The quantitative estimate of drug-likeness (QED) is 0.0951. The van der Waals surface area contributed by atoms with E-state index in [2.05, 4.69) is 67.4 Å². The third kappa shape index (κ3) is 9.73. The van der Waals surface area contributed by atoms with Gasteiger partial charge in [0.05, 0.1) is 30.9 Å². The molecular formula is C64H81N3O7.